The van der Waals surface area contributed by atoms with Gasteiger partial charge < -0.3 is 20.6 Å². The Balaban J connectivity index is 1.53. The van der Waals surface area contributed by atoms with Gasteiger partial charge in [-0.1, -0.05) is 29.3 Å². The van der Waals surface area contributed by atoms with E-state index in [9.17, 15) is 9.90 Å². The lowest BCUT2D eigenvalue weighted by atomic mass is 9.99. The van der Waals surface area contributed by atoms with E-state index >= 15 is 0 Å². The molecule has 6 nitrogen and oxygen atoms in total. The molecule has 28 heavy (non-hydrogen) atoms. The summed E-state index contributed by atoms with van der Waals surface area (Å²) in [5.41, 5.74) is 1.48. The highest BCUT2D eigenvalue weighted by atomic mass is 35.5. The summed E-state index contributed by atoms with van der Waals surface area (Å²) < 4.78 is 0. The standard InChI is InChI=1S/C20H24Cl2N4O2/c21-17-6-5-15(11-18(17)22)25-20(28)24-13-14-4-7-19(23-12-14)26-9-2-1-3-16(26)8-10-27/h4-7,11-12,16,27H,1-3,8-10,13H2,(H2,24,25,28)/t16-/m0/s1. The molecule has 1 aliphatic rings. The lowest BCUT2D eigenvalue weighted by Crippen LogP contribution is -2.40. The number of rotatable bonds is 6. The van der Waals surface area contributed by atoms with Gasteiger partial charge in [-0.3, -0.25) is 0 Å². The van der Waals surface area contributed by atoms with Crippen molar-refractivity contribution in [2.45, 2.75) is 38.3 Å². The van der Waals surface area contributed by atoms with E-state index in [1.165, 1.54) is 6.42 Å². The molecule has 0 unspecified atom stereocenters. The fourth-order valence-corrected chi connectivity index (χ4v) is 3.67. The van der Waals surface area contributed by atoms with Crippen molar-refractivity contribution in [1.29, 1.82) is 0 Å². The van der Waals surface area contributed by atoms with E-state index < -0.39 is 0 Å². The highest BCUT2D eigenvalue weighted by Crippen LogP contribution is 2.26. The number of halogens is 2. The minimum absolute atomic E-state index is 0.192. The smallest absolute Gasteiger partial charge is 0.319 e. The van der Waals surface area contributed by atoms with E-state index in [2.05, 4.69) is 20.5 Å². The Morgan fingerprint density at radius 1 is 1.21 bits per heavy atom. The highest BCUT2D eigenvalue weighted by molar-refractivity contribution is 6.42. The average molecular weight is 423 g/mol. The maximum absolute atomic E-state index is 12.1. The topological polar surface area (TPSA) is 77.5 Å². The third-order valence-electron chi connectivity index (χ3n) is 4.82. The van der Waals surface area contributed by atoms with Gasteiger partial charge in [-0.25, -0.2) is 9.78 Å². The number of carbonyl (C=O) groups is 1. The Morgan fingerprint density at radius 3 is 2.79 bits per heavy atom. The number of carbonyl (C=O) groups excluding carboxylic acids is 1. The number of aliphatic hydroxyl groups excluding tert-OH is 1. The van der Waals surface area contributed by atoms with Crippen molar-refractivity contribution in [2.24, 2.45) is 0 Å². The van der Waals surface area contributed by atoms with Crippen LogP contribution in [0.3, 0.4) is 0 Å². The zero-order chi connectivity index (χ0) is 19.9. The average Bonchev–Trinajstić information content (AvgIpc) is 2.70. The van der Waals surface area contributed by atoms with Gasteiger partial charge in [0.2, 0.25) is 0 Å². The van der Waals surface area contributed by atoms with Gasteiger partial charge in [-0.15, -0.1) is 0 Å². The first kappa shape index (κ1) is 20.7. The van der Waals surface area contributed by atoms with Crippen molar-refractivity contribution < 1.29 is 9.90 Å². The van der Waals surface area contributed by atoms with Crippen LogP contribution in [0.1, 0.15) is 31.2 Å². The molecule has 3 N–H and O–H groups in total. The molecule has 2 aromatic rings. The second-order valence-corrected chi connectivity index (χ2v) is 7.63. The molecule has 1 aromatic carbocycles. The Bertz CT molecular complexity index is 799. The molecule has 1 aliphatic heterocycles. The minimum atomic E-state index is -0.332. The van der Waals surface area contributed by atoms with Crippen LogP contribution in [-0.4, -0.2) is 35.3 Å². The maximum Gasteiger partial charge on any atom is 0.319 e. The molecule has 0 bridgehead atoms. The molecule has 1 saturated heterocycles. The number of benzene rings is 1. The van der Waals surface area contributed by atoms with E-state index in [0.29, 0.717) is 28.3 Å². The van der Waals surface area contributed by atoms with Crippen LogP contribution in [0.15, 0.2) is 36.5 Å². The van der Waals surface area contributed by atoms with E-state index in [-0.39, 0.29) is 12.6 Å². The van der Waals surface area contributed by atoms with E-state index in [1.54, 1.807) is 24.4 Å². The summed E-state index contributed by atoms with van der Waals surface area (Å²) in [6.07, 6.45) is 5.96. The molecular weight excluding hydrogens is 399 g/mol. The SMILES string of the molecule is O=C(NCc1ccc(N2CCCC[C@H]2CCO)nc1)Nc1ccc(Cl)c(Cl)c1. The number of anilines is 2. The molecule has 1 aromatic heterocycles. The Labute approximate surface area is 174 Å². The van der Waals surface area contributed by atoms with E-state index in [4.69, 9.17) is 23.2 Å². The summed E-state index contributed by atoms with van der Waals surface area (Å²) in [5.74, 6) is 0.919. The summed E-state index contributed by atoms with van der Waals surface area (Å²) in [4.78, 5) is 18.9. The summed E-state index contributed by atoms with van der Waals surface area (Å²) in [6.45, 7) is 1.51. The Morgan fingerprint density at radius 2 is 2.07 bits per heavy atom. The second-order valence-electron chi connectivity index (χ2n) is 6.82. The van der Waals surface area contributed by atoms with Crippen molar-refractivity contribution in [3.63, 3.8) is 0 Å². The number of urea groups is 1. The summed E-state index contributed by atoms with van der Waals surface area (Å²) in [6, 6.07) is 8.86. The first-order valence-corrected chi connectivity index (χ1v) is 10.1. The molecule has 2 heterocycles. The first-order valence-electron chi connectivity index (χ1n) is 9.39. The fraction of sp³-hybridized carbons (Fsp3) is 0.400. The normalized spacial score (nSPS) is 16.7. The van der Waals surface area contributed by atoms with Gasteiger partial charge in [-0.2, -0.15) is 0 Å². The lowest BCUT2D eigenvalue weighted by molar-refractivity contribution is 0.251. The molecule has 0 spiro atoms. The number of amides is 2. The van der Waals surface area contributed by atoms with Crippen LogP contribution in [0.2, 0.25) is 10.0 Å². The molecule has 150 valence electrons. The van der Waals surface area contributed by atoms with E-state index in [1.807, 2.05) is 12.1 Å². The lowest BCUT2D eigenvalue weighted by Gasteiger charge is -2.36. The first-order chi connectivity index (χ1) is 13.6. The number of hydrogen-bond acceptors (Lipinski definition) is 4. The van der Waals surface area contributed by atoms with Crippen LogP contribution in [0.4, 0.5) is 16.3 Å². The zero-order valence-corrected chi connectivity index (χ0v) is 17.0. The molecule has 1 atom stereocenters. The highest BCUT2D eigenvalue weighted by Gasteiger charge is 2.22. The summed E-state index contributed by atoms with van der Waals surface area (Å²) >= 11 is 11.8. The van der Waals surface area contributed by atoms with Gasteiger partial charge in [0, 0.05) is 37.6 Å². The van der Waals surface area contributed by atoms with Crippen molar-refractivity contribution in [3.05, 3.63) is 52.1 Å². The van der Waals surface area contributed by atoms with Gasteiger partial charge in [0.1, 0.15) is 5.82 Å². The molecule has 0 radical (unpaired) electrons. The zero-order valence-electron chi connectivity index (χ0n) is 15.5. The van der Waals surface area contributed by atoms with Gasteiger partial charge in [0.05, 0.1) is 10.0 Å². The fourth-order valence-electron chi connectivity index (χ4n) is 3.37. The largest absolute Gasteiger partial charge is 0.396 e. The maximum atomic E-state index is 12.1. The van der Waals surface area contributed by atoms with Gasteiger partial charge in [0.15, 0.2) is 0 Å². The number of pyridine rings is 1. The number of piperidine rings is 1. The van der Waals surface area contributed by atoms with Gasteiger partial charge in [-0.05, 0) is 55.5 Å². The number of hydrogen-bond donors (Lipinski definition) is 3. The number of aliphatic hydroxyl groups is 1. The third kappa shape index (κ3) is 5.50. The van der Waals surface area contributed by atoms with Crippen LogP contribution in [0, 0.1) is 0 Å². The monoisotopic (exact) mass is 422 g/mol. The molecule has 1 fully saturated rings. The number of nitrogens with one attached hydrogen (secondary N) is 2. The molecule has 3 rings (SSSR count). The predicted octanol–water partition coefficient (Wildman–Crippen LogP) is 4.45. The van der Waals surface area contributed by atoms with Crippen molar-refractivity contribution in [2.75, 3.05) is 23.4 Å². The quantitative estimate of drug-likeness (QED) is 0.642. The van der Waals surface area contributed by atoms with Crippen LogP contribution in [0.5, 0.6) is 0 Å². The van der Waals surface area contributed by atoms with Crippen LogP contribution in [-0.2, 0) is 6.54 Å². The number of aromatic nitrogens is 1. The molecule has 0 saturated carbocycles. The van der Waals surface area contributed by atoms with Crippen LogP contribution < -0.4 is 15.5 Å². The van der Waals surface area contributed by atoms with Crippen molar-refractivity contribution >= 4 is 40.7 Å². The molecular formula is C20H24Cl2N4O2. The molecule has 8 heteroatoms. The second kappa shape index (κ2) is 9.96. The van der Waals surface area contributed by atoms with Crippen LogP contribution >= 0.6 is 23.2 Å². The van der Waals surface area contributed by atoms with Gasteiger partial charge >= 0.3 is 6.03 Å². The van der Waals surface area contributed by atoms with E-state index in [0.717, 1.165) is 37.2 Å². The molecule has 2 amide bonds. The summed E-state index contributed by atoms with van der Waals surface area (Å²) in [7, 11) is 0. The summed E-state index contributed by atoms with van der Waals surface area (Å²) in [5, 5.41) is 15.6. The Hall–Kier alpha value is -2.02. The van der Waals surface area contributed by atoms with Crippen LogP contribution in [0.25, 0.3) is 0 Å². The predicted molar refractivity (Wildman–Crippen MR) is 113 cm³/mol. The van der Waals surface area contributed by atoms with Crippen molar-refractivity contribution in [1.82, 2.24) is 10.3 Å². The number of nitrogens with zero attached hydrogens (tertiary/aromatic N) is 2. The Kier molecular flexibility index (Phi) is 7.36. The third-order valence-corrected chi connectivity index (χ3v) is 5.56. The van der Waals surface area contributed by atoms with Crippen molar-refractivity contribution in [3.8, 4) is 0 Å². The molecule has 0 aliphatic carbocycles. The van der Waals surface area contributed by atoms with Gasteiger partial charge in [0.25, 0.3) is 0 Å². The minimum Gasteiger partial charge on any atom is -0.396 e.